The van der Waals surface area contributed by atoms with Crippen molar-refractivity contribution in [3.8, 4) is 0 Å². The first-order chi connectivity index (χ1) is 11.4. The zero-order valence-corrected chi connectivity index (χ0v) is 14.1. The number of rotatable bonds is 2. The van der Waals surface area contributed by atoms with Gasteiger partial charge in [0.2, 0.25) is 0 Å². The predicted octanol–water partition coefficient (Wildman–Crippen LogP) is 0.532. The van der Waals surface area contributed by atoms with E-state index in [9.17, 15) is 9.59 Å². The summed E-state index contributed by atoms with van der Waals surface area (Å²) in [4.78, 5) is 28.0. The van der Waals surface area contributed by atoms with Crippen molar-refractivity contribution >= 4 is 11.8 Å². The number of ether oxygens (including phenoxy) is 1. The van der Waals surface area contributed by atoms with Gasteiger partial charge in [-0.2, -0.15) is 5.10 Å². The van der Waals surface area contributed by atoms with Crippen LogP contribution in [0.4, 0.5) is 4.39 Å². The summed E-state index contributed by atoms with van der Waals surface area (Å²) in [6, 6.07) is 1.72. The molecule has 3 heterocycles. The summed E-state index contributed by atoms with van der Waals surface area (Å²) < 4.78 is 21.9. The van der Waals surface area contributed by atoms with Gasteiger partial charge in [0.15, 0.2) is 11.4 Å². The molecule has 1 aromatic heterocycles. The highest BCUT2D eigenvalue weighted by atomic mass is 19.1. The Bertz CT molecular complexity index is 612. The molecule has 2 aliphatic rings. The Kier molecular flexibility index (Phi) is 4.58. The number of nitrogens with zero attached hydrogens (tertiary/aromatic N) is 4. The lowest BCUT2D eigenvalue weighted by molar-refractivity contribution is -0.151. The Labute approximate surface area is 140 Å². The molecule has 1 aromatic rings. The maximum Gasteiger partial charge on any atom is 0.274 e. The SMILES string of the molecule is Cc1cc(C(=O)N2CCC(F)(C(=O)N3CCOCC3)CC2)nn1C. The Balaban J connectivity index is 1.62. The molecular formula is C16H23FN4O3. The molecule has 2 amide bonds. The summed E-state index contributed by atoms with van der Waals surface area (Å²) in [6.07, 6.45) is 0.0570. The average molecular weight is 338 g/mol. The van der Waals surface area contributed by atoms with Crippen LogP contribution in [0.5, 0.6) is 0 Å². The molecule has 0 aliphatic carbocycles. The quantitative estimate of drug-likeness (QED) is 0.789. The fraction of sp³-hybridized carbons (Fsp3) is 0.688. The van der Waals surface area contributed by atoms with E-state index in [-0.39, 0.29) is 31.8 Å². The molecule has 3 rings (SSSR count). The van der Waals surface area contributed by atoms with Crippen LogP contribution in [0.2, 0.25) is 0 Å². The molecule has 0 radical (unpaired) electrons. The van der Waals surface area contributed by atoms with Crippen LogP contribution in [-0.4, -0.2) is 76.5 Å². The van der Waals surface area contributed by atoms with E-state index in [1.165, 1.54) is 4.90 Å². The molecule has 7 nitrogen and oxygen atoms in total. The molecule has 8 heteroatoms. The molecule has 0 saturated carbocycles. The number of halogens is 1. The van der Waals surface area contributed by atoms with Gasteiger partial charge in [-0.1, -0.05) is 0 Å². The van der Waals surface area contributed by atoms with Gasteiger partial charge in [-0.15, -0.1) is 0 Å². The molecule has 0 N–H and O–H groups in total. The molecule has 0 spiro atoms. The normalized spacial score (nSPS) is 21.0. The van der Waals surface area contributed by atoms with Crippen molar-refractivity contribution < 1.29 is 18.7 Å². The number of hydrogen-bond acceptors (Lipinski definition) is 4. The Morgan fingerprint density at radius 1 is 1.17 bits per heavy atom. The van der Waals surface area contributed by atoms with Crippen LogP contribution in [0.1, 0.15) is 29.0 Å². The van der Waals surface area contributed by atoms with Crippen LogP contribution in [-0.2, 0) is 16.6 Å². The van der Waals surface area contributed by atoms with Gasteiger partial charge in [-0.05, 0) is 13.0 Å². The number of amides is 2. The molecule has 2 saturated heterocycles. The third-order valence-electron chi connectivity index (χ3n) is 4.86. The van der Waals surface area contributed by atoms with Crippen molar-refractivity contribution in [3.63, 3.8) is 0 Å². The number of carbonyl (C=O) groups excluding carboxylic acids is 2. The van der Waals surface area contributed by atoms with Gasteiger partial charge in [0.25, 0.3) is 11.8 Å². The van der Waals surface area contributed by atoms with Gasteiger partial charge in [0.05, 0.1) is 13.2 Å². The monoisotopic (exact) mass is 338 g/mol. The molecule has 0 aromatic carbocycles. The second-order valence-electron chi connectivity index (χ2n) is 6.46. The molecule has 2 fully saturated rings. The minimum Gasteiger partial charge on any atom is -0.378 e. The average Bonchev–Trinajstić information content (AvgIpc) is 2.94. The first-order valence-electron chi connectivity index (χ1n) is 8.27. The van der Waals surface area contributed by atoms with Crippen molar-refractivity contribution in [1.82, 2.24) is 19.6 Å². The van der Waals surface area contributed by atoms with E-state index in [1.807, 2.05) is 6.92 Å². The lowest BCUT2D eigenvalue weighted by Gasteiger charge is -2.39. The predicted molar refractivity (Wildman–Crippen MR) is 84.3 cm³/mol. The highest BCUT2D eigenvalue weighted by Crippen LogP contribution is 2.30. The molecule has 0 atom stereocenters. The Morgan fingerprint density at radius 2 is 1.79 bits per heavy atom. The molecular weight excluding hydrogens is 315 g/mol. The summed E-state index contributed by atoms with van der Waals surface area (Å²) in [6.45, 7) is 4.08. The Hall–Kier alpha value is -1.96. The van der Waals surface area contributed by atoms with Crippen molar-refractivity contribution in [1.29, 1.82) is 0 Å². The second-order valence-corrected chi connectivity index (χ2v) is 6.46. The van der Waals surface area contributed by atoms with Gasteiger partial charge in [-0.3, -0.25) is 14.3 Å². The van der Waals surface area contributed by atoms with Crippen LogP contribution in [0, 0.1) is 6.92 Å². The number of likely N-dealkylation sites (tertiary alicyclic amines) is 1. The first kappa shape index (κ1) is 16.9. The lowest BCUT2D eigenvalue weighted by Crippen LogP contribution is -2.55. The van der Waals surface area contributed by atoms with Crippen LogP contribution in [0.3, 0.4) is 0 Å². The third-order valence-corrected chi connectivity index (χ3v) is 4.86. The standard InChI is InChI=1S/C16H23FN4O3/c1-12-11-13(18-19(12)2)14(22)20-5-3-16(17,4-6-20)15(23)21-7-9-24-10-8-21/h11H,3-10H2,1-2H3. The van der Waals surface area contributed by atoms with E-state index < -0.39 is 11.6 Å². The van der Waals surface area contributed by atoms with E-state index in [1.54, 1.807) is 22.7 Å². The fourth-order valence-electron chi connectivity index (χ4n) is 3.16. The number of aromatic nitrogens is 2. The summed E-state index contributed by atoms with van der Waals surface area (Å²) in [7, 11) is 1.77. The summed E-state index contributed by atoms with van der Waals surface area (Å²) in [5.41, 5.74) is -0.632. The number of alkyl halides is 1. The molecule has 0 unspecified atom stereocenters. The van der Waals surface area contributed by atoms with Crippen molar-refractivity contribution in [3.05, 3.63) is 17.5 Å². The van der Waals surface area contributed by atoms with Crippen molar-refractivity contribution in [2.24, 2.45) is 7.05 Å². The topological polar surface area (TPSA) is 67.7 Å². The number of morpholine rings is 1. The van der Waals surface area contributed by atoms with Gasteiger partial charge in [0, 0.05) is 51.8 Å². The number of piperidine rings is 1. The molecule has 2 aliphatic heterocycles. The number of carbonyl (C=O) groups is 2. The van der Waals surface area contributed by atoms with Crippen molar-refractivity contribution in [2.45, 2.75) is 25.4 Å². The van der Waals surface area contributed by atoms with Crippen LogP contribution in [0.15, 0.2) is 6.07 Å². The Morgan fingerprint density at radius 3 is 2.33 bits per heavy atom. The minimum atomic E-state index is -1.88. The van der Waals surface area contributed by atoms with E-state index in [2.05, 4.69) is 5.10 Å². The second kappa shape index (κ2) is 6.51. The number of aryl methyl sites for hydroxylation is 2. The van der Waals surface area contributed by atoms with E-state index in [4.69, 9.17) is 4.74 Å². The van der Waals surface area contributed by atoms with E-state index in [0.29, 0.717) is 32.0 Å². The highest BCUT2D eigenvalue weighted by Gasteiger charge is 2.45. The third kappa shape index (κ3) is 3.15. The smallest absolute Gasteiger partial charge is 0.274 e. The summed E-state index contributed by atoms with van der Waals surface area (Å²) in [5, 5.41) is 4.17. The maximum absolute atomic E-state index is 15.1. The molecule has 24 heavy (non-hydrogen) atoms. The zero-order chi connectivity index (χ0) is 17.3. The van der Waals surface area contributed by atoms with E-state index in [0.717, 1.165) is 5.69 Å². The van der Waals surface area contributed by atoms with Gasteiger partial charge >= 0.3 is 0 Å². The van der Waals surface area contributed by atoms with Gasteiger partial charge in [-0.25, -0.2) is 4.39 Å². The minimum absolute atomic E-state index is 0.0285. The first-order valence-corrected chi connectivity index (χ1v) is 8.27. The van der Waals surface area contributed by atoms with Gasteiger partial charge < -0.3 is 14.5 Å². The van der Waals surface area contributed by atoms with Crippen molar-refractivity contribution in [2.75, 3.05) is 39.4 Å². The van der Waals surface area contributed by atoms with Crippen LogP contribution < -0.4 is 0 Å². The fourth-order valence-corrected chi connectivity index (χ4v) is 3.16. The largest absolute Gasteiger partial charge is 0.378 e. The summed E-state index contributed by atoms with van der Waals surface area (Å²) >= 11 is 0. The van der Waals surface area contributed by atoms with Crippen LogP contribution >= 0.6 is 0 Å². The van der Waals surface area contributed by atoms with E-state index >= 15 is 4.39 Å². The lowest BCUT2D eigenvalue weighted by atomic mass is 9.91. The van der Waals surface area contributed by atoms with Crippen LogP contribution in [0.25, 0.3) is 0 Å². The maximum atomic E-state index is 15.1. The summed E-state index contributed by atoms with van der Waals surface area (Å²) in [5.74, 6) is -0.675. The van der Waals surface area contributed by atoms with Gasteiger partial charge in [0.1, 0.15) is 0 Å². The highest BCUT2D eigenvalue weighted by molar-refractivity contribution is 5.93. The zero-order valence-electron chi connectivity index (χ0n) is 14.1. The number of hydrogen-bond donors (Lipinski definition) is 0. The molecule has 0 bridgehead atoms. The molecule has 132 valence electrons.